The highest BCUT2D eigenvalue weighted by Gasteiger charge is 1.97. The molecule has 1 aromatic heterocycles. The maximum absolute atomic E-state index is 10.1. The molecule has 0 aliphatic heterocycles. The van der Waals surface area contributed by atoms with Crippen molar-refractivity contribution in [1.29, 1.82) is 0 Å². The number of benzene rings is 1. The Kier molecular flexibility index (Phi) is 2.68. The molecule has 0 atom stereocenters. The predicted octanol–water partition coefficient (Wildman–Crippen LogP) is 2.72. The Morgan fingerprint density at radius 3 is 2.60 bits per heavy atom. The van der Waals surface area contributed by atoms with E-state index in [4.69, 9.17) is 0 Å². The summed E-state index contributed by atoms with van der Waals surface area (Å²) in [5.74, 6) is 0. The lowest BCUT2D eigenvalue weighted by atomic mass is 10.1. The first kappa shape index (κ1) is 9.31. The first-order chi connectivity index (χ1) is 7.40. The molecule has 3 heteroatoms. The molecule has 0 bridgehead atoms. The summed E-state index contributed by atoms with van der Waals surface area (Å²) >= 11 is 0. The fourth-order valence-electron chi connectivity index (χ4n) is 1.35. The monoisotopic (exact) mass is 196 g/mol. The summed E-state index contributed by atoms with van der Waals surface area (Å²) in [6, 6.07) is 11.2. The quantitative estimate of drug-likeness (QED) is 0.547. The van der Waals surface area contributed by atoms with Gasteiger partial charge in [0.25, 0.3) is 0 Å². The Balaban J connectivity index is 2.46. The summed E-state index contributed by atoms with van der Waals surface area (Å²) in [5, 5.41) is 0. The van der Waals surface area contributed by atoms with Crippen LogP contribution in [0.2, 0.25) is 0 Å². The molecule has 0 unspecified atom stereocenters. The third-order valence-electron chi connectivity index (χ3n) is 2.03. The highest BCUT2D eigenvalue weighted by molar-refractivity contribution is 5.67. The van der Waals surface area contributed by atoms with Gasteiger partial charge in [0.05, 0.1) is 5.69 Å². The molecule has 0 N–H and O–H groups in total. The van der Waals surface area contributed by atoms with Crippen molar-refractivity contribution in [2.45, 2.75) is 0 Å². The predicted molar refractivity (Wildman–Crippen MR) is 57.5 cm³/mol. The van der Waals surface area contributed by atoms with Gasteiger partial charge in [0.15, 0.2) is 0 Å². The SMILES string of the molecule is O=C=Nc1cccc(-c2ccncc2)c1. The van der Waals surface area contributed by atoms with Crippen LogP contribution in [0.4, 0.5) is 5.69 Å². The fourth-order valence-corrected chi connectivity index (χ4v) is 1.35. The lowest BCUT2D eigenvalue weighted by molar-refractivity contribution is 0.565. The van der Waals surface area contributed by atoms with E-state index in [1.807, 2.05) is 30.3 Å². The minimum atomic E-state index is 0.610. The van der Waals surface area contributed by atoms with Gasteiger partial charge in [-0.3, -0.25) is 4.98 Å². The number of pyridine rings is 1. The van der Waals surface area contributed by atoms with Crippen molar-refractivity contribution >= 4 is 11.8 Å². The van der Waals surface area contributed by atoms with Crippen LogP contribution in [-0.2, 0) is 4.79 Å². The topological polar surface area (TPSA) is 42.3 Å². The van der Waals surface area contributed by atoms with Gasteiger partial charge in [-0.1, -0.05) is 12.1 Å². The van der Waals surface area contributed by atoms with E-state index in [1.54, 1.807) is 18.5 Å². The molecule has 0 saturated heterocycles. The molecule has 0 amide bonds. The molecule has 72 valence electrons. The van der Waals surface area contributed by atoms with E-state index in [2.05, 4.69) is 9.98 Å². The Morgan fingerprint density at radius 2 is 1.87 bits per heavy atom. The summed E-state index contributed by atoms with van der Waals surface area (Å²) < 4.78 is 0. The number of hydrogen-bond acceptors (Lipinski definition) is 3. The summed E-state index contributed by atoms with van der Waals surface area (Å²) in [6.07, 6.45) is 4.98. The molecule has 0 saturated carbocycles. The molecule has 1 heterocycles. The van der Waals surface area contributed by atoms with Gasteiger partial charge in [-0.05, 0) is 35.4 Å². The van der Waals surface area contributed by atoms with Gasteiger partial charge in [-0.25, -0.2) is 4.79 Å². The normalized spacial score (nSPS) is 9.33. The number of hydrogen-bond donors (Lipinski definition) is 0. The maximum Gasteiger partial charge on any atom is 0.240 e. The minimum Gasteiger partial charge on any atom is -0.265 e. The molecule has 0 aliphatic carbocycles. The standard InChI is InChI=1S/C12H8N2O/c15-9-14-12-3-1-2-11(8-12)10-4-6-13-7-5-10/h1-8H. The van der Waals surface area contributed by atoms with Crippen LogP contribution < -0.4 is 0 Å². The molecular formula is C12H8N2O. The van der Waals surface area contributed by atoms with Crippen molar-refractivity contribution in [1.82, 2.24) is 4.98 Å². The van der Waals surface area contributed by atoms with Crippen molar-refractivity contribution in [2.75, 3.05) is 0 Å². The molecule has 0 aliphatic rings. The molecular weight excluding hydrogens is 188 g/mol. The second-order valence-corrected chi connectivity index (χ2v) is 2.99. The zero-order valence-corrected chi connectivity index (χ0v) is 7.92. The first-order valence-electron chi connectivity index (χ1n) is 4.48. The highest BCUT2D eigenvalue weighted by Crippen LogP contribution is 2.22. The molecule has 2 rings (SSSR count). The van der Waals surface area contributed by atoms with Crippen molar-refractivity contribution < 1.29 is 4.79 Å². The Labute approximate surface area is 87.1 Å². The van der Waals surface area contributed by atoms with E-state index in [0.717, 1.165) is 11.1 Å². The third-order valence-corrected chi connectivity index (χ3v) is 2.03. The van der Waals surface area contributed by atoms with Crippen molar-refractivity contribution in [3.8, 4) is 11.1 Å². The van der Waals surface area contributed by atoms with E-state index < -0.39 is 0 Å². The number of isocyanates is 1. The van der Waals surface area contributed by atoms with E-state index in [0.29, 0.717) is 5.69 Å². The number of rotatable bonds is 2. The van der Waals surface area contributed by atoms with Crippen LogP contribution in [0.25, 0.3) is 11.1 Å². The van der Waals surface area contributed by atoms with Crippen molar-refractivity contribution in [2.24, 2.45) is 4.99 Å². The van der Waals surface area contributed by atoms with Crippen LogP contribution in [0, 0.1) is 0 Å². The number of nitrogens with zero attached hydrogens (tertiary/aromatic N) is 2. The van der Waals surface area contributed by atoms with E-state index in [9.17, 15) is 4.79 Å². The van der Waals surface area contributed by atoms with Crippen LogP contribution in [0.1, 0.15) is 0 Å². The molecule has 2 aromatic rings. The third kappa shape index (κ3) is 2.16. The molecule has 3 nitrogen and oxygen atoms in total. The molecule has 1 aromatic carbocycles. The number of aliphatic imine (C=N–C) groups is 1. The van der Waals surface area contributed by atoms with Crippen molar-refractivity contribution in [3.63, 3.8) is 0 Å². The Bertz CT molecular complexity index is 502. The summed E-state index contributed by atoms with van der Waals surface area (Å²) in [4.78, 5) is 17.6. The summed E-state index contributed by atoms with van der Waals surface area (Å²) in [7, 11) is 0. The molecule has 0 spiro atoms. The first-order valence-corrected chi connectivity index (χ1v) is 4.48. The second kappa shape index (κ2) is 4.31. The Morgan fingerprint density at radius 1 is 1.07 bits per heavy atom. The maximum atomic E-state index is 10.1. The zero-order chi connectivity index (χ0) is 10.5. The lowest BCUT2D eigenvalue weighted by Crippen LogP contribution is -1.77. The van der Waals surface area contributed by atoms with E-state index in [-0.39, 0.29) is 0 Å². The van der Waals surface area contributed by atoms with Gasteiger partial charge in [-0.2, -0.15) is 4.99 Å². The van der Waals surface area contributed by atoms with Gasteiger partial charge in [0.2, 0.25) is 6.08 Å². The smallest absolute Gasteiger partial charge is 0.240 e. The van der Waals surface area contributed by atoms with Gasteiger partial charge in [-0.15, -0.1) is 0 Å². The molecule has 15 heavy (non-hydrogen) atoms. The van der Waals surface area contributed by atoms with Gasteiger partial charge < -0.3 is 0 Å². The van der Waals surface area contributed by atoms with Gasteiger partial charge >= 0.3 is 0 Å². The summed E-state index contributed by atoms with van der Waals surface area (Å²) in [6.45, 7) is 0. The minimum absolute atomic E-state index is 0.610. The molecule has 0 fully saturated rings. The fraction of sp³-hybridized carbons (Fsp3) is 0. The van der Waals surface area contributed by atoms with Crippen LogP contribution >= 0.6 is 0 Å². The average molecular weight is 196 g/mol. The van der Waals surface area contributed by atoms with Crippen molar-refractivity contribution in [3.05, 3.63) is 48.8 Å². The number of carbonyl (C=O) groups excluding carboxylic acids is 1. The highest BCUT2D eigenvalue weighted by atomic mass is 16.1. The zero-order valence-electron chi connectivity index (χ0n) is 7.92. The van der Waals surface area contributed by atoms with Crippen LogP contribution in [0.15, 0.2) is 53.8 Å². The molecule has 0 radical (unpaired) electrons. The van der Waals surface area contributed by atoms with Crippen LogP contribution in [-0.4, -0.2) is 11.1 Å². The van der Waals surface area contributed by atoms with Crippen LogP contribution in [0.3, 0.4) is 0 Å². The second-order valence-electron chi connectivity index (χ2n) is 2.99. The lowest BCUT2D eigenvalue weighted by Gasteiger charge is -2.00. The van der Waals surface area contributed by atoms with Crippen LogP contribution in [0.5, 0.6) is 0 Å². The largest absolute Gasteiger partial charge is 0.265 e. The number of aromatic nitrogens is 1. The average Bonchev–Trinajstić information content (AvgIpc) is 2.31. The van der Waals surface area contributed by atoms with E-state index >= 15 is 0 Å². The van der Waals surface area contributed by atoms with E-state index in [1.165, 1.54) is 6.08 Å². The summed E-state index contributed by atoms with van der Waals surface area (Å²) in [5.41, 5.74) is 2.67. The van der Waals surface area contributed by atoms with Gasteiger partial charge in [0.1, 0.15) is 0 Å². The Hall–Kier alpha value is -2.25. The van der Waals surface area contributed by atoms with Gasteiger partial charge in [0, 0.05) is 12.4 Å².